The second kappa shape index (κ2) is 8.58. The van der Waals surface area contributed by atoms with Gasteiger partial charge in [0.15, 0.2) is 0 Å². The average Bonchev–Trinajstić information content (AvgIpc) is 2.47. The first kappa shape index (κ1) is 24.1. The van der Waals surface area contributed by atoms with E-state index in [1.807, 2.05) is 0 Å². The van der Waals surface area contributed by atoms with E-state index in [-0.39, 0.29) is 10.2 Å². The van der Waals surface area contributed by atoms with Crippen molar-refractivity contribution in [3.8, 4) is 0 Å². The molecule has 0 amide bonds. The SMILES string of the molecule is Nc1ccc(Br)cc1C(F)(F)F.O=S(=O)(Cl)c1ccc(Br)cc1C(F)(F)F. The zero-order chi connectivity index (χ0) is 21.2. The second-order valence-electron chi connectivity index (χ2n) is 4.81. The molecule has 2 aromatic rings. The van der Waals surface area contributed by atoms with Crippen molar-refractivity contribution in [1.82, 2.24) is 0 Å². The van der Waals surface area contributed by atoms with Crippen LogP contribution in [0.5, 0.6) is 0 Å². The van der Waals surface area contributed by atoms with Gasteiger partial charge in [0.05, 0.1) is 16.0 Å². The van der Waals surface area contributed by atoms with Crippen molar-refractivity contribution < 1.29 is 34.8 Å². The molecule has 0 aliphatic heterocycles. The first-order valence-electron chi connectivity index (χ1n) is 6.47. The van der Waals surface area contributed by atoms with Crippen molar-refractivity contribution in [2.45, 2.75) is 17.2 Å². The highest BCUT2D eigenvalue weighted by Gasteiger charge is 2.37. The lowest BCUT2D eigenvalue weighted by atomic mass is 10.2. The van der Waals surface area contributed by atoms with E-state index in [9.17, 15) is 34.8 Å². The van der Waals surface area contributed by atoms with Crippen LogP contribution in [-0.2, 0) is 21.4 Å². The molecule has 0 atom stereocenters. The van der Waals surface area contributed by atoms with E-state index in [4.69, 9.17) is 16.4 Å². The number of hydrogen-bond acceptors (Lipinski definition) is 3. The maximum atomic E-state index is 12.4. The van der Waals surface area contributed by atoms with E-state index in [2.05, 4.69) is 31.9 Å². The summed E-state index contributed by atoms with van der Waals surface area (Å²) >= 11 is 5.75. The number of nitrogens with two attached hydrogens (primary N) is 1. The summed E-state index contributed by atoms with van der Waals surface area (Å²) in [5.74, 6) is 0. The molecule has 0 bridgehead atoms. The van der Waals surface area contributed by atoms with Gasteiger partial charge in [0.1, 0.15) is 0 Å². The highest BCUT2D eigenvalue weighted by molar-refractivity contribution is 9.10. The second-order valence-corrected chi connectivity index (χ2v) is 9.17. The van der Waals surface area contributed by atoms with E-state index in [0.29, 0.717) is 10.5 Å². The number of benzene rings is 2. The summed E-state index contributed by atoms with van der Waals surface area (Å²) in [6.45, 7) is 0. The van der Waals surface area contributed by atoms with Crippen LogP contribution in [0.4, 0.5) is 32.0 Å². The van der Waals surface area contributed by atoms with Crippen LogP contribution in [-0.4, -0.2) is 8.42 Å². The fourth-order valence-electron chi connectivity index (χ4n) is 1.71. The van der Waals surface area contributed by atoms with Gasteiger partial charge in [-0.3, -0.25) is 0 Å². The third kappa shape index (κ3) is 7.16. The van der Waals surface area contributed by atoms with Crippen molar-refractivity contribution >= 4 is 57.3 Å². The predicted octanol–water partition coefficient (Wildman–Crippen LogP) is 6.45. The number of hydrogen-bond donors (Lipinski definition) is 1. The van der Waals surface area contributed by atoms with Gasteiger partial charge < -0.3 is 5.73 Å². The van der Waals surface area contributed by atoms with Crippen LogP contribution in [0.15, 0.2) is 50.2 Å². The van der Waals surface area contributed by atoms with Gasteiger partial charge in [0.2, 0.25) is 0 Å². The average molecular weight is 564 g/mol. The maximum absolute atomic E-state index is 12.4. The molecule has 0 radical (unpaired) electrons. The predicted molar refractivity (Wildman–Crippen MR) is 95.7 cm³/mol. The van der Waals surface area contributed by atoms with Crippen LogP contribution in [0.3, 0.4) is 0 Å². The van der Waals surface area contributed by atoms with Gasteiger partial charge in [-0.1, -0.05) is 31.9 Å². The van der Waals surface area contributed by atoms with Crippen LogP contribution >= 0.6 is 42.5 Å². The van der Waals surface area contributed by atoms with Gasteiger partial charge >= 0.3 is 12.4 Å². The monoisotopic (exact) mass is 561 g/mol. The Morgan fingerprint density at radius 2 is 1.22 bits per heavy atom. The molecule has 0 fully saturated rings. The summed E-state index contributed by atoms with van der Waals surface area (Å²) in [5, 5.41) is 0. The first-order valence-corrected chi connectivity index (χ1v) is 10.4. The Morgan fingerprint density at radius 1 is 0.815 bits per heavy atom. The first-order chi connectivity index (χ1) is 12.0. The molecule has 0 spiro atoms. The largest absolute Gasteiger partial charge is 0.418 e. The van der Waals surface area contributed by atoms with Crippen LogP contribution in [0, 0.1) is 0 Å². The Kier molecular flexibility index (Phi) is 7.64. The Hall–Kier alpha value is -0.980. The minimum Gasteiger partial charge on any atom is -0.398 e. The van der Waals surface area contributed by atoms with Gasteiger partial charge in [0, 0.05) is 25.3 Å². The lowest BCUT2D eigenvalue weighted by Crippen LogP contribution is -2.10. The van der Waals surface area contributed by atoms with E-state index in [1.165, 1.54) is 18.2 Å². The molecule has 2 aromatic carbocycles. The molecule has 27 heavy (non-hydrogen) atoms. The molecule has 0 aliphatic rings. The summed E-state index contributed by atoms with van der Waals surface area (Å²) in [4.78, 5) is -0.945. The number of halogens is 9. The van der Waals surface area contributed by atoms with Crippen LogP contribution < -0.4 is 5.73 Å². The van der Waals surface area contributed by atoms with Gasteiger partial charge in [-0.05, 0) is 36.4 Å². The summed E-state index contributed by atoms with van der Waals surface area (Å²) in [7, 11) is 0.477. The maximum Gasteiger partial charge on any atom is 0.418 e. The van der Waals surface area contributed by atoms with Crippen molar-refractivity contribution in [2.75, 3.05) is 5.73 Å². The molecule has 150 valence electrons. The van der Waals surface area contributed by atoms with Gasteiger partial charge in [-0.2, -0.15) is 26.3 Å². The fourth-order valence-corrected chi connectivity index (χ4v) is 3.50. The normalized spacial score (nSPS) is 12.3. The van der Waals surface area contributed by atoms with Crippen LogP contribution in [0.25, 0.3) is 0 Å². The minimum absolute atomic E-state index is 0.124. The van der Waals surface area contributed by atoms with Gasteiger partial charge in [-0.25, -0.2) is 8.42 Å². The summed E-state index contributed by atoms with van der Waals surface area (Å²) in [6.07, 6.45) is -9.14. The summed E-state index contributed by atoms with van der Waals surface area (Å²) in [6, 6.07) is 6.27. The van der Waals surface area contributed by atoms with Gasteiger partial charge in [-0.15, -0.1) is 0 Å². The third-order valence-electron chi connectivity index (χ3n) is 2.83. The van der Waals surface area contributed by atoms with Crippen LogP contribution in [0.1, 0.15) is 11.1 Å². The number of rotatable bonds is 1. The third-order valence-corrected chi connectivity index (χ3v) is 5.20. The highest BCUT2D eigenvalue weighted by Crippen LogP contribution is 2.37. The molecule has 0 saturated carbocycles. The number of anilines is 1. The standard InChI is InChI=1S/C7H3BrClF3O2S.C7H5BrF3N/c8-4-1-2-6(15(9,13)14)5(3-4)7(10,11)12;8-4-1-2-6(12)5(3-4)7(9,10)11/h1-3H;1-3H,12H2. The molecule has 0 unspecified atom stereocenters. The lowest BCUT2D eigenvalue weighted by Gasteiger charge is -2.10. The zero-order valence-electron chi connectivity index (χ0n) is 12.7. The van der Waals surface area contributed by atoms with E-state index >= 15 is 0 Å². The molecule has 2 rings (SSSR count). The molecule has 13 heteroatoms. The minimum atomic E-state index is -4.76. The van der Waals surface area contributed by atoms with E-state index < -0.39 is 37.4 Å². The zero-order valence-corrected chi connectivity index (χ0v) is 17.4. The molecule has 0 heterocycles. The Balaban J connectivity index is 0.000000277. The fraction of sp³-hybridized carbons (Fsp3) is 0.143. The van der Waals surface area contributed by atoms with Crippen molar-refractivity contribution in [1.29, 1.82) is 0 Å². The van der Waals surface area contributed by atoms with Gasteiger partial charge in [0.25, 0.3) is 9.05 Å². The molecular weight excluding hydrogens is 555 g/mol. The Bertz CT molecular complexity index is 932. The molecule has 0 aliphatic carbocycles. The van der Waals surface area contributed by atoms with Crippen molar-refractivity contribution in [3.05, 3.63) is 56.5 Å². The Labute approximate surface area is 171 Å². The summed E-state index contributed by atoms with van der Waals surface area (Å²) < 4.78 is 95.8. The smallest absolute Gasteiger partial charge is 0.398 e. The number of nitrogen functional groups attached to an aromatic ring is 1. The lowest BCUT2D eigenvalue weighted by molar-refractivity contribution is -0.140. The van der Waals surface area contributed by atoms with Crippen LogP contribution in [0.2, 0.25) is 0 Å². The molecule has 0 saturated heterocycles. The van der Waals surface area contributed by atoms with E-state index in [0.717, 1.165) is 12.1 Å². The molecule has 0 aromatic heterocycles. The highest BCUT2D eigenvalue weighted by atomic mass is 79.9. The molecule has 2 N–H and O–H groups in total. The molecule has 3 nitrogen and oxygen atoms in total. The number of alkyl halides is 6. The topological polar surface area (TPSA) is 60.2 Å². The molecular formula is C14H8Br2ClF6NO2S. The quantitative estimate of drug-likeness (QED) is 0.247. The summed E-state index contributed by atoms with van der Waals surface area (Å²) in [5.41, 5.74) is 2.78. The van der Waals surface area contributed by atoms with Crippen molar-refractivity contribution in [3.63, 3.8) is 0 Å². The Morgan fingerprint density at radius 3 is 1.59 bits per heavy atom. The van der Waals surface area contributed by atoms with E-state index in [1.54, 1.807) is 0 Å². The van der Waals surface area contributed by atoms with Crippen molar-refractivity contribution in [2.24, 2.45) is 0 Å².